The van der Waals surface area contributed by atoms with Gasteiger partial charge in [0.1, 0.15) is 24.1 Å². The van der Waals surface area contributed by atoms with Gasteiger partial charge in [-0.2, -0.15) is 0 Å². The highest BCUT2D eigenvalue weighted by atomic mass is 16.5. The average Bonchev–Trinajstić information content (AvgIpc) is 3.00. The minimum atomic E-state index is -0.973. The molecule has 0 bridgehead atoms. The number of aliphatic hydroxyl groups is 2. The summed E-state index contributed by atoms with van der Waals surface area (Å²) in [5.41, 5.74) is 9.71. The van der Waals surface area contributed by atoms with Crippen LogP contribution in [0.5, 0.6) is 0 Å². The van der Waals surface area contributed by atoms with E-state index in [0.717, 1.165) is 0 Å². The van der Waals surface area contributed by atoms with Gasteiger partial charge in [0.15, 0.2) is 17.7 Å². The number of hydrogen-bond acceptors (Lipinski definition) is 7. The minimum Gasteiger partial charge on any atom is -0.394 e. The van der Waals surface area contributed by atoms with Gasteiger partial charge in [0.05, 0.1) is 18.5 Å². The van der Waals surface area contributed by atoms with E-state index in [1.807, 2.05) is 0 Å². The molecule has 0 amide bonds. The fourth-order valence-electron chi connectivity index (χ4n) is 2.25. The molecule has 2 aromatic heterocycles. The topological polar surface area (TPSA) is 119 Å². The first-order valence-corrected chi connectivity index (χ1v) is 5.94. The van der Waals surface area contributed by atoms with Crippen molar-refractivity contribution in [3.8, 4) is 0 Å². The Morgan fingerprint density at radius 3 is 2.95 bits per heavy atom. The smallest absolute Gasteiger partial charge is 0.169 e. The molecule has 8 heteroatoms. The van der Waals surface area contributed by atoms with Gasteiger partial charge in [0.25, 0.3) is 0 Å². The van der Waals surface area contributed by atoms with Crippen molar-refractivity contribution in [1.82, 2.24) is 19.5 Å². The summed E-state index contributed by atoms with van der Waals surface area (Å²) in [7, 11) is 0. The van der Waals surface area contributed by atoms with Gasteiger partial charge in [-0.15, -0.1) is 5.73 Å². The van der Waals surface area contributed by atoms with Gasteiger partial charge < -0.3 is 20.7 Å². The van der Waals surface area contributed by atoms with Crippen LogP contribution in [0.3, 0.4) is 0 Å². The molecular formula is C12H13N5O3. The maximum absolute atomic E-state index is 10.0. The zero-order valence-electron chi connectivity index (χ0n) is 10.5. The van der Waals surface area contributed by atoms with Crippen LogP contribution in [-0.4, -0.2) is 48.5 Å². The summed E-state index contributed by atoms with van der Waals surface area (Å²) < 4.78 is 7.20. The Morgan fingerprint density at radius 1 is 1.45 bits per heavy atom. The van der Waals surface area contributed by atoms with E-state index in [4.69, 9.17) is 10.5 Å². The van der Waals surface area contributed by atoms with Crippen molar-refractivity contribution in [2.45, 2.75) is 18.4 Å². The SMILES string of the molecule is C=C=C1C(O)[C@@H](CO)O[C@H]1n1cnc2c(N)ncnc21. The molecule has 3 atom stereocenters. The fourth-order valence-corrected chi connectivity index (χ4v) is 2.25. The Kier molecular flexibility index (Phi) is 3.00. The maximum Gasteiger partial charge on any atom is 0.169 e. The lowest BCUT2D eigenvalue weighted by atomic mass is 10.1. The quantitative estimate of drug-likeness (QED) is 0.624. The van der Waals surface area contributed by atoms with Crippen LogP contribution in [-0.2, 0) is 4.74 Å². The summed E-state index contributed by atoms with van der Waals surface area (Å²) in [5, 5.41) is 19.2. The van der Waals surface area contributed by atoms with E-state index >= 15 is 0 Å². The molecule has 8 nitrogen and oxygen atoms in total. The van der Waals surface area contributed by atoms with Crippen molar-refractivity contribution in [3.63, 3.8) is 0 Å². The standard InChI is InChI=1S/C12H13N5O3/c1-2-6-9(19)7(3-18)20-12(6)17-5-16-8-10(13)14-4-15-11(8)17/h4-5,7,9,12,18-19H,1,3H2,(H2,13,14,15)/t7-,9?,12-/m1/s1. The molecule has 1 fully saturated rings. The van der Waals surface area contributed by atoms with Gasteiger partial charge in [0.2, 0.25) is 0 Å². The third kappa shape index (κ3) is 1.71. The van der Waals surface area contributed by atoms with Crippen molar-refractivity contribution in [2.75, 3.05) is 12.3 Å². The molecule has 0 aliphatic carbocycles. The summed E-state index contributed by atoms with van der Waals surface area (Å²) in [5.74, 6) is 0.259. The highest BCUT2D eigenvalue weighted by molar-refractivity contribution is 5.81. The summed E-state index contributed by atoms with van der Waals surface area (Å²) in [6.07, 6.45) is 0.422. The number of anilines is 1. The first kappa shape index (κ1) is 12.8. The maximum atomic E-state index is 10.0. The predicted octanol–water partition coefficient (Wildman–Crippen LogP) is -0.630. The Labute approximate surface area is 113 Å². The molecule has 0 spiro atoms. The van der Waals surface area contributed by atoms with Gasteiger partial charge in [-0.05, 0) is 0 Å². The highest BCUT2D eigenvalue weighted by Crippen LogP contribution is 2.35. The van der Waals surface area contributed by atoms with Crippen molar-refractivity contribution < 1.29 is 14.9 Å². The van der Waals surface area contributed by atoms with Crippen LogP contribution in [0.4, 0.5) is 5.82 Å². The highest BCUT2D eigenvalue weighted by Gasteiger charge is 2.40. The Morgan fingerprint density at radius 2 is 2.25 bits per heavy atom. The number of nitrogens with zero attached hydrogens (tertiary/aromatic N) is 4. The molecule has 3 heterocycles. The second-order valence-corrected chi connectivity index (χ2v) is 4.37. The summed E-state index contributed by atoms with van der Waals surface area (Å²) in [6, 6.07) is 0. The first-order chi connectivity index (χ1) is 9.67. The normalized spacial score (nSPS) is 26.1. The Balaban J connectivity index is 2.12. The Hall–Kier alpha value is -2.25. The molecular weight excluding hydrogens is 262 g/mol. The van der Waals surface area contributed by atoms with Gasteiger partial charge >= 0.3 is 0 Å². The number of aromatic nitrogens is 4. The fraction of sp³-hybridized carbons (Fsp3) is 0.333. The first-order valence-electron chi connectivity index (χ1n) is 5.94. The molecule has 3 rings (SSSR count). The van der Waals surface area contributed by atoms with Gasteiger partial charge in [-0.1, -0.05) is 6.58 Å². The second-order valence-electron chi connectivity index (χ2n) is 4.37. The van der Waals surface area contributed by atoms with Crippen LogP contribution in [0.2, 0.25) is 0 Å². The molecule has 1 aliphatic rings. The van der Waals surface area contributed by atoms with E-state index in [-0.39, 0.29) is 12.4 Å². The van der Waals surface area contributed by atoms with Gasteiger partial charge in [-0.3, -0.25) is 4.57 Å². The van der Waals surface area contributed by atoms with Crippen LogP contribution < -0.4 is 5.73 Å². The number of nitrogen functional groups attached to an aromatic ring is 1. The molecule has 0 radical (unpaired) electrons. The van der Waals surface area contributed by atoms with E-state index in [9.17, 15) is 10.2 Å². The number of ether oxygens (including phenoxy) is 1. The van der Waals surface area contributed by atoms with Crippen LogP contribution in [0.25, 0.3) is 11.2 Å². The zero-order valence-corrected chi connectivity index (χ0v) is 10.5. The Bertz CT molecular complexity index is 706. The van der Waals surface area contributed by atoms with Crippen LogP contribution in [0.1, 0.15) is 6.23 Å². The van der Waals surface area contributed by atoms with Crippen molar-refractivity contribution in [2.24, 2.45) is 0 Å². The molecule has 2 aromatic rings. The van der Waals surface area contributed by atoms with Gasteiger partial charge in [0, 0.05) is 0 Å². The molecule has 0 aromatic carbocycles. The van der Waals surface area contributed by atoms with E-state index < -0.39 is 18.4 Å². The molecule has 1 saturated heterocycles. The number of aliphatic hydroxyl groups excluding tert-OH is 2. The number of nitrogens with two attached hydrogens (primary N) is 1. The molecule has 1 unspecified atom stereocenters. The lowest BCUT2D eigenvalue weighted by Gasteiger charge is -2.13. The number of imidazole rings is 1. The molecule has 0 saturated carbocycles. The van der Waals surface area contributed by atoms with E-state index in [1.54, 1.807) is 4.57 Å². The molecule has 20 heavy (non-hydrogen) atoms. The minimum absolute atomic E-state index is 0.259. The summed E-state index contributed by atoms with van der Waals surface area (Å²) >= 11 is 0. The predicted molar refractivity (Wildman–Crippen MR) is 69.4 cm³/mol. The molecule has 104 valence electrons. The van der Waals surface area contributed by atoms with Gasteiger partial charge in [-0.25, -0.2) is 15.0 Å². The number of hydrogen-bond donors (Lipinski definition) is 3. The van der Waals surface area contributed by atoms with E-state index in [1.165, 1.54) is 12.7 Å². The third-order valence-electron chi connectivity index (χ3n) is 3.26. The van der Waals surface area contributed by atoms with E-state index in [2.05, 4.69) is 27.3 Å². The van der Waals surface area contributed by atoms with Crippen molar-refractivity contribution in [3.05, 3.63) is 30.5 Å². The van der Waals surface area contributed by atoms with Crippen molar-refractivity contribution in [1.29, 1.82) is 0 Å². The molecule has 4 N–H and O–H groups in total. The zero-order chi connectivity index (χ0) is 14.3. The van der Waals surface area contributed by atoms with Crippen LogP contribution in [0.15, 0.2) is 30.5 Å². The number of fused-ring (bicyclic) bond motifs is 1. The van der Waals surface area contributed by atoms with Crippen molar-refractivity contribution >= 4 is 17.0 Å². The average molecular weight is 275 g/mol. The molecule has 1 aliphatic heterocycles. The van der Waals surface area contributed by atoms with Crippen LogP contribution in [0, 0.1) is 0 Å². The van der Waals surface area contributed by atoms with Crippen LogP contribution >= 0.6 is 0 Å². The summed E-state index contributed by atoms with van der Waals surface area (Å²) in [6.45, 7) is 3.23. The second kappa shape index (κ2) is 4.69. The number of rotatable bonds is 2. The lowest BCUT2D eigenvalue weighted by Crippen LogP contribution is -2.25. The third-order valence-corrected chi connectivity index (χ3v) is 3.26. The monoisotopic (exact) mass is 275 g/mol. The summed E-state index contributed by atoms with van der Waals surface area (Å²) in [4.78, 5) is 12.1. The largest absolute Gasteiger partial charge is 0.394 e. The van der Waals surface area contributed by atoms with E-state index in [0.29, 0.717) is 16.7 Å². The lowest BCUT2D eigenvalue weighted by molar-refractivity contribution is -0.0422.